The summed E-state index contributed by atoms with van der Waals surface area (Å²) in [6, 6.07) is 16.2. The van der Waals surface area contributed by atoms with Crippen molar-refractivity contribution in [2.75, 3.05) is 0 Å². The second-order valence-corrected chi connectivity index (χ2v) is 4.17. The van der Waals surface area contributed by atoms with Crippen LogP contribution in [0.5, 0.6) is 5.75 Å². The summed E-state index contributed by atoms with van der Waals surface area (Å²) in [4.78, 5) is 12.1. The van der Waals surface area contributed by atoms with Crippen molar-refractivity contribution in [2.45, 2.75) is 0 Å². The topological polar surface area (TPSA) is 50.1 Å². The Balaban J connectivity index is 1.94. The Labute approximate surface area is 110 Å². The number of benzene rings is 2. The van der Waals surface area contributed by atoms with E-state index in [0.29, 0.717) is 22.6 Å². The molecule has 3 rings (SSSR count). The predicted molar refractivity (Wildman–Crippen MR) is 70.5 cm³/mol. The lowest BCUT2D eigenvalue weighted by Gasteiger charge is -1.98. The summed E-state index contributed by atoms with van der Waals surface area (Å²) in [6.45, 7) is 0. The van der Waals surface area contributed by atoms with Crippen LogP contribution in [0.4, 0.5) is 0 Å². The molecule has 0 radical (unpaired) electrons. The van der Waals surface area contributed by atoms with Gasteiger partial charge in [-0.05, 0) is 35.9 Å². The number of carbonyl (C=O) groups excluding carboxylic acids is 1. The van der Waals surface area contributed by atoms with Crippen LogP contribution in [0.3, 0.4) is 0 Å². The molecule has 2 aromatic rings. The first-order valence-corrected chi connectivity index (χ1v) is 5.81. The second kappa shape index (κ2) is 4.43. The molecule has 0 bridgehead atoms. The maximum atomic E-state index is 12.1. The molecule has 0 N–H and O–H groups in total. The maximum Gasteiger partial charge on any atom is 0.231 e. The molecule has 0 fully saturated rings. The number of Topliss-reactive ketones (excluding diaryl/α,β-unsaturated/α-hetero) is 1. The number of ketones is 1. The first-order chi connectivity index (χ1) is 9.28. The second-order valence-electron chi connectivity index (χ2n) is 4.17. The van der Waals surface area contributed by atoms with Gasteiger partial charge in [-0.25, -0.2) is 0 Å². The van der Waals surface area contributed by atoms with E-state index in [2.05, 4.69) is 6.07 Å². The van der Waals surface area contributed by atoms with Crippen LogP contribution in [0.15, 0.2) is 54.3 Å². The lowest BCUT2D eigenvalue weighted by Crippen LogP contribution is -1.97. The molecule has 1 aliphatic heterocycles. The highest BCUT2D eigenvalue weighted by Crippen LogP contribution is 2.31. The number of hydrogen-bond donors (Lipinski definition) is 0. The van der Waals surface area contributed by atoms with E-state index in [1.807, 2.05) is 12.1 Å². The van der Waals surface area contributed by atoms with E-state index in [1.54, 1.807) is 42.5 Å². The number of para-hydroxylation sites is 1. The van der Waals surface area contributed by atoms with E-state index in [1.165, 1.54) is 0 Å². The highest BCUT2D eigenvalue weighted by atomic mass is 16.5. The first kappa shape index (κ1) is 11.2. The third-order valence-corrected chi connectivity index (χ3v) is 2.91. The van der Waals surface area contributed by atoms with Gasteiger partial charge in [-0.3, -0.25) is 4.79 Å². The monoisotopic (exact) mass is 247 g/mol. The fraction of sp³-hybridized carbons (Fsp3) is 0. The molecule has 0 spiro atoms. The molecule has 0 amide bonds. The highest BCUT2D eigenvalue weighted by Gasteiger charge is 2.26. The maximum absolute atomic E-state index is 12.1. The molecule has 0 saturated heterocycles. The van der Waals surface area contributed by atoms with E-state index >= 15 is 0 Å². The minimum Gasteiger partial charge on any atom is -0.452 e. The zero-order valence-corrected chi connectivity index (χ0v) is 9.96. The van der Waals surface area contributed by atoms with E-state index in [-0.39, 0.29) is 5.78 Å². The average Bonchev–Trinajstić information content (AvgIpc) is 2.77. The number of nitrogens with zero attached hydrogens (tertiary/aromatic N) is 1. The quantitative estimate of drug-likeness (QED) is 0.727. The summed E-state index contributed by atoms with van der Waals surface area (Å²) in [7, 11) is 0. The van der Waals surface area contributed by atoms with Crippen LogP contribution in [0.1, 0.15) is 21.5 Å². The van der Waals surface area contributed by atoms with Crippen molar-refractivity contribution in [3.05, 3.63) is 71.0 Å². The molecule has 3 heteroatoms. The van der Waals surface area contributed by atoms with Crippen molar-refractivity contribution in [2.24, 2.45) is 0 Å². The Morgan fingerprint density at radius 2 is 1.79 bits per heavy atom. The molecule has 0 aromatic heterocycles. The molecule has 0 unspecified atom stereocenters. The van der Waals surface area contributed by atoms with Crippen molar-refractivity contribution < 1.29 is 9.53 Å². The van der Waals surface area contributed by atoms with Gasteiger partial charge < -0.3 is 4.74 Å². The fourth-order valence-electron chi connectivity index (χ4n) is 1.94. The summed E-state index contributed by atoms with van der Waals surface area (Å²) < 4.78 is 5.53. The molecule has 0 aliphatic carbocycles. The van der Waals surface area contributed by atoms with Crippen LogP contribution in [-0.4, -0.2) is 5.78 Å². The summed E-state index contributed by atoms with van der Waals surface area (Å²) in [5.41, 5.74) is 2.00. The normalized spacial score (nSPS) is 14.9. The molecule has 1 heterocycles. The van der Waals surface area contributed by atoms with Crippen LogP contribution in [0.2, 0.25) is 0 Å². The van der Waals surface area contributed by atoms with Crippen molar-refractivity contribution in [3.63, 3.8) is 0 Å². The summed E-state index contributed by atoms with van der Waals surface area (Å²) in [6.07, 6.45) is 1.68. The van der Waals surface area contributed by atoms with Crippen molar-refractivity contribution in [1.29, 1.82) is 5.26 Å². The van der Waals surface area contributed by atoms with E-state index in [4.69, 9.17) is 10.00 Å². The Bertz CT molecular complexity index is 721. The highest BCUT2D eigenvalue weighted by molar-refractivity contribution is 6.14. The molecular weight excluding hydrogens is 238 g/mol. The van der Waals surface area contributed by atoms with Gasteiger partial charge in [0.05, 0.1) is 17.2 Å². The predicted octanol–water partition coefficient (Wildman–Crippen LogP) is 3.17. The summed E-state index contributed by atoms with van der Waals surface area (Å²) >= 11 is 0. The number of rotatable bonds is 1. The largest absolute Gasteiger partial charge is 0.452 e. The Morgan fingerprint density at radius 3 is 2.47 bits per heavy atom. The molecule has 0 atom stereocenters. The van der Waals surface area contributed by atoms with Gasteiger partial charge in [0.15, 0.2) is 5.76 Å². The van der Waals surface area contributed by atoms with Gasteiger partial charge in [0, 0.05) is 0 Å². The van der Waals surface area contributed by atoms with Gasteiger partial charge in [-0.1, -0.05) is 24.3 Å². The standard InChI is InChI=1S/C16H9NO2/c17-10-12-7-5-11(6-8-12)9-15-16(18)13-3-1-2-4-14(13)19-15/h1-9H/b15-9-. The van der Waals surface area contributed by atoms with Gasteiger partial charge in [0.25, 0.3) is 0 Å². The third kappa shape index (κ3) is 2.00. The summed E-state index contributed by atoms with van der Waals surface area (Å²) in [5, 5.41) is 8.73. The zero-order valence-electron chi connectivity index (χ0n) is 9.96. The lowest BCUT2D eigenvalue weighted by molar-refractivity contribution is 0.101. The van der Waals surface area contributed by atoms with Crippen LogP contribution in [-0.2, 0) is 0 Å². The smallest absolute Gasteiger partial charge is 0.231 e. The first-order valence-electron chi connectivity index (χ1n) is 5.81. The Hall–Kier alpha value is -2.86. The number of ether oxygens (including phenoxy) is 1. The minimum atomic E-state index is -0.111. The summed E-state index contributed by atoms with van der Waals surface area (Å²) in [5.74, 6) is 0.790. The minimum absolute atomic E-state index is 0.111. The molecule has 0 saturated carbocycles. The third-order valence-electron chi connectivity index (χ3n) is 2.91. The van der Waals surface area contributed by atoms with Crippen LogP contribution < -0.4 is 4.74 Å². The fourth-order valence-corrected chi connectivity index (χ4v) is 1.94. The van der Waals surface area contributed by atoms with Crippen LogP contribution in [0.25, 0.3) is 6.08 Å². The molecular formula is C16H9NO2. The van der Waals surface area contributed by atoms with E-state index in [9.17, 15) is 4.79 Å². The van der Waals surface area contributed by atoms with Gasteiger partial charge in [-0.15, -0.1) is 0 Å². The van der Waals surface area contributed by atoms with Crippen LogP contribution in [0, 0.1) is 11.3 Å². The number of hydrogen-bond acceptors (Lipinski definition) is 3. The average molecular weight is 247 g/mol. The molecule has 2 aromatic carbocycles. The van der Waals surface area contributed by atoms with Crippen molar-refractivity contribution in [3.8, 4) is 11.8 Å². The number of carbonyl (C=O) groups is 1. The molecule has 1 aliphatic rings. The van der Waals surface area contributed by atoms with Crippen molar-refractivity contribution >= 4 is 11.9 Å². The van der Waals surface area contributed by atoms with Crippen LogP contribution >= 0.6 is 0 Å². The SMILES string of the molecule is N#Cc1ccc(/C=C2\Oc3ccccc3C2=O)cc1. The van der Waals surface area contributed by atoms with Crippen molar-refractivity contribution in [1.82, 2.24) is 0 Å². The number of allylic oxidation sites excluding steroid dienone is 1. The van der Waals surface area contributed by atoms with E-state index in [0.717, 1.165) is 5.56 Å². The Kier molecular flexibility index (Phi) is 2.62. The lowest BCUT2D eigenvalue weighted by atomic mass is 10.1. The van der Waals surface area contributed by atoms with Gasteiger partial charge >= 0.3 is 0 Å². The van der Waals surface area contributed by atoms with Gasteiger partial charge in [0.2, 0.25) is 5.78 Å². The van der Waals surface area contributed by atoms with Gasteiger partial charge in [-0.2, -0.15) is 5.26 Å². The zero-order chi connectivity index (χ0) is 13.2. The number of fused-ring (bicyclic) bond motifs is 1. The molecule has 90 valence electrons. The molecule has 19 heavy (non-hydrogen) atoms. The van der Waals surface area contributed by atoms with Gasteiger partial charge in [0.1, 0.15) is 5.75 Å². The molecule has 3 nitrogen and oxygen atoms in total. The Morgan fingerprint density at radius 1 is 1.05 bits per heavy atom. The number of nitriles is 1. The van der Waals surface area contributed by atoms with E-state index < -0.39 is 0 Å².